The van der Waals surface area contributed by atoms with Crippen LogP contribution in [0.4, 0.5) is 4.79 Å². The molecule has 0 N–H and O–H groups in total. The summed E-state index contributed by atoms with van der Waals surface area (Å²) >= 11 is 9.14. The Balaban J connectivity index is 1.44. The highest BCUT2D eigenvalue weighted by Crippen LogP contribution is 2.33. The van der Waals surface area contributed by atoms with E-state index in [1.807, 2.05) is 24.3 Å². The van der Waals surface area contributed by atoms with Gasteiger partial charge in [-0.05, 0) is 88.0 Å². The minimum absolute atomic E-state index is 0.232. The number of amides is 2. The van der Waals surface area contributed by atoms with Gasteiger partial charge < -0.3 is 4.74 Å². The Bertz CT molecular complexity index is 1230. The van der Waals surface area contributed by atoms with E-state index in [9.17, 15) is 14.4 Å². The maximum atomic E-state index is 12.7. The summed E-state index contributed by atoms with van der Waals surface area (Å²) in [7, 11) is 0. The number of benzene rings is 3. The number of halogens is 2. The summed E-state index contributed by atoms with van der Waals surface area (Å²) in [4.78, 5) is 38.9. The molecule has 1 fully saturated rings. The average molecular weight is 576 g/mol. The quantitative estimate of drug-likeness (QED) is 0.152. The second kappa shape index (κ2) is 9.89. The van der Waals surface area contributed by atoms with Crippen LogP contribution in [0.15, 0.2) is 77.7 Å². The summed E-state index contributed by atoms with van der Waals surface area (Å²) in [6.45, 7) is 0.232. The number of imide groups is 1. The molecule has 2 amide bonds. The van der Waals surface area contributed by atoms with Crippen molar-refractivity contribution in [1.29, 1.82) is 0 Å². The highest BCUT2D eigenvalue weighted by Gasteiger charge is 2.34. The average Bonchev–Trinajstić information content (AvgIpc) is 3.04. The molecule has 1 heterocycles. The maximum Gasteiger partial charge on any atom is 0.345 e. The molecule has 0 spiro atoms. The van der Waals surface area contributed by atoms with E-state index < -0.39 is 5.97 Å². The van der Waals surface area contributed by atoms with E-state index in [1.165, 1.54) is 4.90 Å². The third-order valence-electron chi connectivity index (χ3n) is 4.61. The van der Waals surface area contributed by atoms with E-state index >= 15 is 0 Å². The number of esters is 1. The van der Waals surface area contributed by atoms with Crippen molar-refractivity contribution in [2.75, 3.05) is 0 Å². The van der Waals surface area contributed by atoms with Crippen molar-refractivity contribution < 1.29 is 19.1 Å². The van der Waals surface area contributed by atoms with Gasteiger partial charge in [0.25, 0.3) is 11.1 Å². The lowest BCUT2D eigenvalue weighted by atomic mass is 10.2. The van der Waals surface area contributed by atoms with Gasteiger partial charge in [0, 0.05) is 3.57 Å². The number of carbonyl (C=O) groups is 3. The fraction of sp³-hybridized carbons (Fsp3) is 0.0417. The SMILES string of the molecule is O=C(Oc1ccc(/C=C2\SC(=O)N(Cc3ccc(I)cc3)C2=O)cc1)c1ccccc1Cl. The monoisotopic (exact) mass is 575 g/mol. The van der Waals surface area contributed by atoms with Crippen LogP contribution in [0.1, 0.15) is 21.5 Å². The molecule has 8 heteroatoms. The summed E-state index contributed by atoms with van der Waals surface area (Å²) in [5.74, 6) is -0.535. The fourth-order valence-corrected chi connectivity index (χ4v) is 4.39. The van der Waals surface area contributed by atoms with Crippen LogP contribution in [-0.4, -0.2) is 22.0 Å². The molecule has 1 aliphatic rings. The molecule has 160 valence electrons. The Morgan fingerprint density at radius 2 is 1.69 bits per heavy atom. The van der Waals surface area contributed by atoms with E-state index in [4.69, 9.17) is 16.3 Å². The fourth-order valence-electron chi connectivity index (χ4n) is 2.98. The predicted molar refractivity (Wildman–Crippen MR) is 134 cm³/mol. The van der Waals surface area contributed by atoms with Crippen LogP contribution in [-0.2, 0) is 11.3 Å². The van der Waals surface area contributed by atoms with Gasteiger partial charge in [-0.1, -0.05) is 48.0 Å². The largest absolute Gasteiger partial charge is 0.423 e. The van der Waals surface area contributed by atoms with E-state index in [2.05, 4.69) is 22.6 Å². The molecule has 0 aromatic heterocycles. The van der Waals surface area contributed by atoms with E-state index in [0.29, 0.717) is 21.2 Å². The van der Waals surface area contributed by atoms with Gasteiger partial charge >= 0.3 is 5.97 Å². The zero-order valence-corrected chi connectivity index (χ0v) is 20.2. The zero-order valence-electron chi connectivity index (χ0n) is 16.5. The van der Waals surface area contributed by atoms with Crippen molar-refractivity contribution in [3.05, 3.63) is 103 Å². The molecule has 1 saturated heterocycles. The molecule has 4 rings (SSSR count). The molecule has 5 nitrogen and oxygen atoms in total. The Hall–Kier alpha value is -2.62. The standard InChI is InChI=1S/C24H15ClINO4S/c25-20-4-2-1-3-19(20)23(29)31-18-11-7-15(8-12-18)13-21-22(28)27(24(30)32-21)14-16-5-9-17(26)10-6-16/h1-13H,14H2/b21-13-. The predicted octanol–water partition coefficient (Wildman–Crippen LogP) is 6.40. The number of nitrogens with zero attached hydrogens (tertiary/aromatic N) is 1. The van der Waals surface area contributed by atoms with E-state index in [0.717, 1.165) is 20.9 Å². The molecule has 3 aromatic carbocycles. The van der Waals surface area contributed by atoms with Crippen LogP contribution < -0.4 is 4.74 Å². The van der Waals surface area contributed by atoms with Gasteiger partial charge in [0.05, 0.1) is 22.0 Å². The molecule has 0 radical (unpaired) electrons. The summed E-state index contributed by atoms with van der Waals surface area (Å²) in [5.41, 5.74) is 1.88. The summed E-state index contributed by atoms with van der Waals surface area (Å²) < 4.78 is 6.44. The number of thioether (sulfide) groups is 1. The summed E-state index contributed by atoms with van der Waals surface area (Å²) in [6.07, 6.45) is 1.65. The van der Waals surface area contributed by atoms with Crippen LogP contribution in [0.2, 0.25) is 5.02 Å². The van der Waals surface area contributed by atoms with Gasteiger partial charge in [-0.2, -0.15) is 0 Å². The molecule has 0 unspecified atom stereocenters. The Labute approximate surface area is 207 Å². The molecule has 1 aliphatic heterocycles. The Morgan fingerprint density at radius 1 is 1.00 bits per heavy atom. The molecule has 0 atom stereocenters. The van der Waals surface area contributed by atoms with Gasteiger partial charge in [-0.25, -0.2) is 4.79 Å². The lowest BCUT2D eigenvalue weighted by Crippen LogP contribution is -2.27. The van der Waals surface area contributed by atoms with Crippen LogP contribution >= 0.6 is 46.0 Å². The first-order valence-electron chi connectivity index (χ1n) is 9.47. The van der Waals surface area contributed by atoms with Crippen molar-refractivity contribution in [2.24, 2.45) is 0 Å². The van der Waals surface area contributed by atoms with E-state index in [-0.39, 0.29) is 23.3 Å². The highest BCUT2D eigenvalue weighted by molar-refractivity contribution is 14.1. The highest BCUT2D eigenvalue weighted by atomic mass is 127. The molecule has 3 aromatic rings. The lowest BCUT2D eigenvalue weighted by molar-refractivity contribution is -0.123. The third kappa shape index (κ3) is 5.23. The van der Waals surface area contributed by atoms with Gasteiger partial charge in [-0.15, -0.1) is 0 Å². The summed E-state index contributed by atoms with van der Waals surface area (Å²) in [5, 5.41) is 0.0140. The second-order valence-corrected chi connectivity index (χ2v) is 9.48. The molecular weight excluding hydrogens is 561 g/mol. The number of ether oxygens (including phenoxy) is 1. The van der Waals surface area contributed by atoms with E-state index in [1.54, 1.807) is 54.6 Å². The molecule has 0 bridgehead atoms. The number of hydrogen-bond donors (Lipinski definition) is 0. The molecule has 0 saturated carbocycles. The Kier molecular flexibility index (Phi) is 6.98. The van der Waals surface area contributed by atoms with Gasteiger partial charge in [0.2, 0.25) is 0 Å². The number of carbonyl (C=O) groups excluding carboxylic acids is 3. The topological polar surface area (TPSA) is 63.7 Å². The molecular formula is C24H15ClINO4S. The maximum absolute atomic E-state index is 12.7. The lowest BCUT2D eigenvalue weighted by Gasteiger charge is -2.12. The first-order chi connectivity index (χ1) is 15.4. The number of rotatable bonds is 5. The zero-order chi connectivity index (χ0) is 22.7. The van der Waals surface area contributed by atoms with Crippen LogP contribution in [0.25, 0.3) is 6.08 Å². The van der Waals surface area contributed by atoms with Crippen molar-refractivity contribution in [1.82, 2.24) is 4.90 Å². The van der Waals surface area contributed by atoms with Crippen molar-refractivity contribution >= 4 is 69.1 Å². The Morgan fingerprint density at radius 3 is 2.38 bits per heavy atom. The first-order valence-corrected chi connectivity index (χ1v) is 11.7. The minimum atomic E-state index is -0.555. The van der Waals surface area contributed by atoms with Crippen LogP contribution in [0, 0.1) is 3.57 Å². The smallest absolute Gasteiger partial charge is 0.345 e. The van der Waals surface area contributed by atoms with Crippen molar-refractivity contribution in [3.8, 4) is 5.75 Å². The van der Waals surface area contributed by atoms with Crippen molar-refractivity contribution in [3.63, 3.8) is 0 Å². The van der Waals surface area contributed by atoms with Gasteiger partial charge in [0.15, 0.2) is 0 Å². The van der Waals surface area contributed by atoms with Gasteiger partial charge in [0.1, 0.15) is 5.75 Å². The second-order valence-electron chi connectivity index (χ2n) is 6.83. The first kappa shape index (κ1) is 22.6. The summed E-state index contributed by atoms with van der Waals surface area (Å²) in [6, 6.07) is 21.0. The number of hydrogen-bond acceptors (Lipinski definition) is 5. The molecule has 0 aliphatic carbocycles. The van der Waals surface area contributed by atoms with Crippen molar-refractivity contribution in [2.45, 2.75) is 6.54 Å². The van der Waals surface area contributed by atoms with Crippen LogP contribution in [0.5, 0.6) is 5.75 Å². The minimum Gasteiger partial charge on any atom is -0.423 e. The normalized spacial score (nSPS) is 14.8. The molecule has 32 heavy (non-hydrogen) atoms. The van der Waals surface area contributed by atoms with Crippen LogP contribution in [0.3, 0.4) is 0 Å². The van der Waals surface area contributed by atoms with Gasteiger partial charge in [-0.3, -0.25) is 14.5 Å². The third-order valence-corrected chi connectivity index (χ3v) is 6.57.